The largest absolute Gasteiger partial charge is 0.353 e. The fourth-order valence-corrected chi connectivity index (χ4v) is 4.47. The molecule has 180 valence electrons. The number of benzene rings is 2. The first-order valence-corrected chi connectivity index (χ1v) is 11.9. The minimum atomic E-state index is -0.786. The van der Waals surface area contributed by atoms with Gasteiger partial charge in [-0.25, -0.2) is 0 Å². The molecule has 8 nitrogen and oxygen atoms in total. The molecule has 3 amide bonds. The summed E-state index contributed by atoms with van der Waals surface area (Å²) in [5, 5.41) is 5.62. The van der Waals surface area contributed by atoms with Gasteiger partial charge < -0.3 is 15.5 Å². The van der Waals surface area contributed by atoms with E-state index < -0.39 is 6.04 Å². The second-order valence-electron chi connectivity index (χ2n) is 9.05. The zero-order valence-electron chi connectivity index (χ0n) is 19.7. The van der Waals surface area contributed by atoms with Gasteiger partial charge in [0.15, 0.2) is 0 Å². The van der Waals surface area contributed by atoms with Gasteiger partial charge in [0.05, 0.1) is 13.0 Å². The van der Waals surface area contributed by atoms with E-state index in [9.17, 15) is 14.4 Å². The minimum Gasteiger partial charge on any atom is -0.353 e. The quantitative estimate of drug-likeness (QED) is 0.650. The Hall–Kier alpha value is -3.23. The van der Waals surface area contributed by atoms with E-state index in [0.29, 0.717) is 18.8 Å². The van der Waals surface area contributed by atoms with Crippen LogP contribution in [0.15, 0.2) is 54.6 Å². The van der Waals surface area contributed by atoms with Crippen LogP contribution >= 0.6 is 0 Å². The van der Waals surface area contributed by atoms with Gasteiger partial charge in [0.1, 0.15) is 6.04 Å². The van der Waals surface area contributed by atoms with Crippen LogP contribution in [0.2, 0.25) is 0 Å². The second-order valence-corrected chi connectivity index (χ2v) is 9.05. The SMILES string of the molecule is Cc1ccc(NC(=O)CC2C(=O)NCCN2C(=O)CN2CCN(Cc3ccccc3)CC2)cc1. The summed E-state index contributed by atoms with van der Waals surface area (Å²) in [4.78, 5) is 44.4. The summed E-state index contributed by atoms with van der Waals surface area (Å²) in [6.45, 7) is 7.37. The molecule has 0 aromatic heterocycles. The van der Waals surface area contributed by atoms with Crippen molar-refractivity contribution in [2.75, 3.05) is 51.1 Å². The Balaban J connectivity index is 1.29. The fraction of sp³-hybridized carbons (Fsp3) is 0.423. The summed E-state index contributed by atoms with van der Waals surface area (Å²) in [6.07, 6.45) is -0.0592. The van der Waals surface area contributed by atoms with Crippen LogP contribution in [0.3, 0.4) is 0 Å². The molecule has 2 aromatic carbocycles. The first-order chi connectivity index (χ1) is 16.5. The first kappa shape index (κ1) is 23.9. The molecular formula is C26H33N5O3. The number of hydrogen-bond donors (Lipinski definition) is 2. The zero-order chi connectivity index (χ0) is 23.9. The highest BCUT2D eigenvalue weighted by atomic mass is 16.2. The molecule has 0 spiro atoms. The van der Waals surface area contributed by atoms with Gasteiger partial charge in [-0.2, -0.15) is 0 Å². The van der Waals surface area contributed by atoms with Gasteiger partial charge in [-0.3, -0.25) is 24.2 Å². The van der Waals surface area contributed by atoms with Crippen molar-refractivity contribution in [3.05, 3.63) is 65.7 Å². The number of nitrogens with zero attached hydrogens (tertiary/aromatic N) is 3. The van der Waals surface area contributed by atoms with Crippen molar-refractivity contribution in [1.82, 2.24) is 20.0 Å². The number of anilines is 1. The Morgan fingerprint density at radius 3 is 2.32 bits per heavy atom. The Labute approximate surface area is 200 Å². The monoisotopic (exact) mass is 463 g/mol. The van der Waals surface area contributed by atoms with Crippen LogP contribution in [0.25, 0.3) is 0 Å². The van der Waals surface area contributed by atoms with E-state index in [4.69, 9.17) is 0 Å². The molecule has 0 aliphatic carbocycles. The molecule has 2 aliphatic heterocycles. The maximum Gasteiger partial charge on any atom is 0.243 e. The van der Waals surface area contributed by atoms with Gasteiger partial charge >= 0.3 is 0 Å². The molecule has 2 heterocycles. The molecule has 2 saturated heterocycles. The topological polar surface area (TPSA) is 85.0 Å². The molecule has 1 unspecified atom stereocenters. The predicted molar refractivity (Wildman–Crippen MR) is 131 cm³/mol. The van der Waals surface area contributed by atoms with Crippen LogP contribution in [-0.2, 0) is 20.9 Å². The molecule has 2 fully saturated rings. The van der Waals surface area contributed by atoms with Gasteiger partial charge in [-0.05, 0) is 24.6 Å². The lowest BCUT2D eigenvalue weighted by atomic mass is 10.1. The highest BCUT2D eigenvalue weighted by Crippen LogP contribution is 2.15. The van der Waals surface area contributed by atoms with E-state index >= 15 is 0 Å². The van der Waals surface area contributed by atoms with Crippen LogP contribution in [0, 0.1) is 6.92 Å². The van der Waals surface area contributed by atoms with Crippen LogP contribution in [-0.4, -0.2) is 84.3 Å². The molecular weight excluding hydrogens is 430 g/mol. The van der Waals surface area contributed by atoms with Gasteiger partial charge in [0.25, 0.3) is 0 Å². The van der Waals surface area contributed by atoms with Gasteiger partial charge in [-0.15, -0.1) is 0 Å². The summed E-state index contributed by atoms with van der Waals surface area (Å²) in [7, 11) is 0. The average Bonchev–Trinajstić information content (AvgIpc) is 2.84. The predicted octanol–water partition coefficient (Wildman–Crippen LogP) is 1.47. The maximum absolute atomic E-state index is 13.1. The molecule has 0 bridgehead atoms. The van der Waals surface area contributed by atoms with Gasteiger partial charge in [0.2, 0.25) is 17.7 Å². The molecule has 2 aromatic rings. The van der Waals surface area contributed by atoms with Crippen molar-refractivity contribution in [2.24, 2.45) is 0 Å². The Bertz CT molecular complexity index is 987. The lowest BCUT2D eigenvalue weighted by molar-refractivity contribution is -0.145. The number of amides is 3. The maximum atomic E-state index is 13.1. The van der Waals surface area contributed by atoms with E-state index in [2.05, 4.69) is 44.7 Å². The van der Waals surface area contributed by atoms with Crippen LogP contribution in [0.1, 0.15) is 17.5 Å². The van der Waals surface area contributed by atoms with Gasteiger partial charge in [0, 0.05) is 51.5 Å². The number of nitrogens with one attached hydrogen (secondary N) is 2. The molecule has 8 heteroatoms. The standard InChI is InChI=1S/C26H33N5O3/c1-20-7-9-22(10-8-20)28-24(32)17-23-26(34)27-11-12-31(23)25(33)19-30-15-13-29(14-16-30)18-21-5-3-2-4-6-21/h2-10,23H,11-19H2,1H3,(H,27,34)(H,28,32). The van der Waals surface area contributed by atoms with Crippen molar-refractivity contribution in [1.29, 1.82) is 0 Å². The smallest absolute Gasteiger partial charge is 0.243 e. The Morgan fingerprint density at radius 1 is 0.941 bits per heavy atom. The highest BCUT2D eigenvalue weighted by molar-refractivity contribution is 5.97. The molecule has 4 rings (SSSR count). The van der Waals surface area contributed by atoms with E-state index in [0.717, 1.165) is 38.3 Å². The van der Waals surface area contributed by atoms with E-state index in [1.165, 1.54) is 5.56 Å². The summed E-state index contributed by atoms with van der Waals surface area (Å²) >= 11 is 0. The highest BCUT2D eigenvalue weighted by Gasteiger charge is 2.35. The van der Waals surface area contributed by atoms with Crippen LogP contribution in [0.4, 0.5) is 5.69 Å². The van der Waals surface area contributed by atoms with Crippen molar-refractivity contribution in [3.63, 3.8) is 0 Å². The number of aryl methyl sites for hydroxylation is 1. The third kappa shape index (κ3) is 6.42. The third-order valence-electron chi connectivity index (χ3n) is 6.44. The molecule has 2 N–H and O–H groups in total. The molecule has 1 atom stereocenters. The lowest BCUT2D eigenvalue weighted by Gasteiger charge is -2.38. The van der Waals surface area contributed by atoms with Crippen LogP contribution in [0.5, 0.6) is 0 Å². The van der Waals surface area contributed by atoms with E-state index in [1.54, 1.807) is 4.90 Å². The van der Waals surface area contributed by atoms with Gasteiger partial charge in [-0.1, -0.05) is 48.0 Å². The van der Waals surface area contributed by atoms with E-state index in [1.807, 2.05) is 37.3 Å². The first-order valence-electron chi connectivity index (χ1n) is 11.9. The Kier molecular flexibility index (Phi) is 7.92. The number of rotatable bonds is 7. The van der Waals surface area contributed by atoms with E-state index in [-0.39, 0.29) is 30.7 Å². The summed E-state index contributed by atoms with van der Waals surface area (Å²) in [5.74, 6) is -0.649. The third-order valence-corrected chi connectivity index (χ3v) is 6.44. The number of piperazine rings is 2. The second kappa shape index (κ2) is 11.3. The van der Waals surface area contributed by atoms with Crippen molar-refractivity contribution >= 4 is 23.4 Å². The van der Waals surface area contributed by atoms with Crippen molar-refractivity contribution in [2.45, 2.75) is 25.9 Å². The van der Waals surface area contributed by atoms with Crippen molar-refractivity contribution < 1.29 is 14.4 Å². The summed E-state index contributed by atoms with van der Waals surface area (Å²) in [5.41, 5.74) is 3.07. The summed E-state index contributed by atoms with van der Waals surface area (Å²) in [6, 6.07) is 17.1. The average molecular weight is 464 g/mol. The number of carbonyl (C=O) groups excluding carboxylic acids is 3. The van der Waals surface area contributed by atoms with Crippen LogP contribution < -0.4 is 10.6 Å². The molecule has 0 radical (unpaired) electrons. The number of carbonyl (C=O) groups is 3. The number of hydrogen-bond acceptors (Lipinski definition) is 5. The fourth-order valence-electron chi connectivity index (χ4n) is 4.47. The normalized spacial score (nSPS) is 19.5. The zero-order valence-corrected chi connectivity index (χ0v) is 19.7. The minimum absolute atomic E-state index is 0.0592. The van der Waals surface area contributed by atoms with Crippen molar-refractivity contribution in [3.8, 4) is 0 Å². The molecule has 0 saturated carbocycles. The summed E-state index contributed by atoms with van der Waals surface area (Å²) < 4.78 is 0. The molecule has 2 aliphatic rings. The Morgan fingerprint density at radius 2 is 1.62 bits per heavy atom. The molecule has 34 heavy (non-hydrogen) atoms. The lowest BCUT2D eigenvalue weighted by Crippen LogP contribution is -2.60.